The minimum absolute atomic E-state index is 0.194. The maximum Gasteiger partial charge on any atom is 0.451 e. The van der Waals surface area contributed by atoms with E-state index >= 15 is 0 Å². The Morgan fingerprint density at radius 3 is 2.56 bits per heavy atom. The normalized spacial score (nSPS) is 23.1. The van der Waals surface area contributed by atoms with Crippen molar-refractivity contribution in [1.82, 2.24) is 0 Å². The van der Waals surface area contributed by atoms with Crippen LogP contribution in [0, 0.1) is 0 Å². The van der Waals surface area contributed by atoms with Crippen molar-refractivity contribution in [2.45, 2.75) is 25.1 Å². The monoisotopic (exact) mass is 254 g/mol. The van der Waals surface area contributed by atoms with E-state index in [4.69, 9.17) is 0 Å². The summed E-state index contributed by atoms with van der Waals surface area (Å²) in [4.78, 5) is 0. The molecule has 1 fully saturated rings. The van der Waals surface area contributed by atoms with Crippen molar-refractivity contribution in [3.8, 4) is 0 Å². The van der Waals surface area contributed by atoms with Gasteiger partial charge in [0.2, 0.25) is 6.04 Å². The van der Waals surface area contributed by atoms with Crippen LogP contribution in [0.25, 0.3) is 6.08 Å². The third kappa shape index (κ3) is 3.22. The van der Waals surface area contributed by atoms with E-state index in [2.05, 4.69) is 0 Å². The summed E-state index contributed by atoms with van der Waals surface area (Å²) >= 11 is 0. The van der Waals surface area contributed by atoms with Gasteiger partial charge in [0.15, 0.2) is 6.21 Å². The highest BCUT2D eigenvalue weighted by Gasteiger charge is 2.50. The Balaban J connectivity index is 2.07. The predicted molar refractivity (Wildman–Crippen MR) is 65.7 cm³/mol. The van der Waals surface area contributed by atoms with Crippen LogP contribution in [0.15, 0.2) is 36.4 Å². The predicted octanol–water partition coefficient (Wildman–Crippen LogP) is 3.51. The summed E-state index contributed by atoms with van der Waals surface area (Å²) in [5, 5.41) is 0. The largest absolute Gasteiger partial charge is 0.451 e. The molecule has 1 nitrogen and oxygen atoms in total. The maximum absolute atomic E-state index is 12.7. The van der Waals surface area contributed by atoms with Gasteiger partial charge in [0.25, 0.3) is 0 Å². The van der Waals surface area contributed by atoms with Crippen LogP contribution in [-0.4, -0.2) is 29.6 Å². The molecule has 2 rings (SSSR count). The standard InChI is InChI=1S/C14H15F3N/c15-14(16,17)13-9-5-11-18(13)10-4-8-12-6-2-1-3-7-12/h1-4,6-8,10,13H,5,9,11H2/q+1/b8-4+,18-10?/t13-/m1/s1. The minimum Gasteiger partial charge on any atom is -0.224 e. The van der Waals surface area contributed by atoms with Gasteiger partial charge in [-0.3, -0.25) is 0 Å². The molecule has 0 spiro atoms. The Hall–Kier alpha value is -1.58. The zero-order valence-corrected chi connectivity index (χ0v) is 9.90. The SMILES string of the molecule is FC(F)(F)[C@H]1CCC[N+]1=C/C=C/c1ccccc1. The van der Waals surface area contributed by atoms with E-state index in [-0.39, 0.29) is 6.42 Å². The molecule has 0 aliphatic carbocycles. The lowest BCUT2D eigenvalue weighted by Gasteiger charge is -2.10. The van der Waals surface area contributed by atoms with Gasteiger partial charge in [-0.05, 0) is 11.6 Å². The Bertz CT molecular complexity index is 446. The average molecular weight is 254 g/mol. The van der Waals surface area contributed by atoms with Crippen molar-refractivity contribution in [1.29, 1.82) is 0 Å². The van der Waals surface area contributed by atoms with Crippen LogP contribution in [0.3, 0.4) is 0 Å². The Kier molecular flexibility index (Phi) is 3.84. The second-order valence-electron chi connectivity index (χ2n) is 4.36. The molecule has 1 saturated heterocycles. The highest BCUT2D eigenvalue weighted by atomic mass is 19.4. The number of rotatable bonds is 2. The summed E-state index contributed by atoms with van der Waals surface area (Å²) in [5.41, 5.74) is 0.983. The van der Waals surface area contributed by atoms with Gasteiger partial charge in [-0.2, -0.15) is 13.2 Å². The molecule has 4 heteroatoms. The lowest BCUT2D eigenvalue weighted by Crippen LogP contribution is -2.35. The molecule has 0 unspecified atom stereocenters. The van der Waals surface area contributed by atoms with Crippen LogP contribution >= 0.6 is 0 Å². The van der Waals surface area contributed by atoms with Crippen molar-refractivity contribution in [3.05, 3.63) is 42.0 Å². The van der Waals surface area contributed by atoms with Crippen molar-refractivity contribution < 1.29 is 17.7 Å². The third-order valence-corrected chi connectivity index (χ3v) is 3.04. The molecule has 1 heterocycles. The Morgan fingerprint density at radius 2 is 1.89 bits per heavy atom. The van der Waals surface area contributed by atoms with Gasteiger partial charge in [0.05, 0.1) is 0 Å². The fourth-order valence-electron chi connectivity index (χ4n) is 2.15. The van der Waals surface area contributed by atoms with Crippen molar-refractivity contribution >= 4 is 12.3 Å². The Labute approximate surface area is 104 Å². The van der Waals surface area contributed by atoms with Crippen LogP contribution in [0.1, 0.15) is 18.4 Å². The third-order valence-electron chi connectivity index (χ3n) is 3.04. The molecule has 1 aromatic rings. The van der Waals surface area contributed by atoms with Crippen molar-refractivity contribution in [2.24, 2.45) is 0 Å². The topological polar surface area (TPSA) is 3.01 Å². The second-order valence-corrected chi connectivity index (χ2v) is 4.36. The zero-order chi connectivity index (χ0) is 13.0. The molecule has 18 heavy (non-hydrogen) atoms. The van der Waals surface area contributed by atoms with Gasteiger partial charge in [-0.15, -0.1) is 0 Å². The van der Waals surface area contributed by atoms with Crippen molar-refractivity contribution in [2.75, 3.05) is 6.54 Å². The molecule has 0 N–H and O–H groups in total. The molecule has 1 aromatic carbocycles. The van der Waals surface area contributed by atoms with Crippen LogP contribution in [0.2, 0.25) is 0 Å². The number of allylic oxidation sites excluding steroid dienone is 1. The van der Waals surface area contributed by atoms with Gasteiger partial charge in [-0.1, -0.05) is 30.3 Å². The molecule has 0 saturated carbocycles. The van der Waals surface area contributed by atoms with Crippen LogP contribution in [0.4, 0.5) is 13.2 Å². The summed E-state index contributed by atoms with van der Waals surface area (Å²) in [6.07, 6.45) is 1.69. The smallest absolute Gasteiger partial charge is 0.224 e. The van der Waals surface area contributed by atoms with E-state index < -0.39 is 12.2 Å². The highest BCUT2D eigenvalue weighted by Crippen LogP contribution is 2.29. The highest BCUT2D eigenvalue weighted by molar-refractivity contribution is 5.74. The molecule has 0 amide bonds. The molecule has 0 bridgehead atoms. The first kappa shape index (κ1) is 12.9. The molecule has 1 atom stereocenters. The number of hydrogen-bond donors (Lipinski definition) is 0. The maximum atomic E-state index is 12.7. The summed E-state index contributed by atoms with van der Waals surface area (Å²) in [6.45, 7) is 0.476. The van der Waals surface area contributed by atoms with E-state index in [1.165, 1.54) is 10.8 Å². The minimum atomic E-state index is -4.13. The van der Waals surface area contributed by atoms with Crippen molar-refractivity contribution in [3.63, 3.8) is 0 Å². The van der Waals surface area contributed by atoms with Crippen LogP contribution < -0.4 is 0 Å². The number of nitrogens with zero attached hydrogens (tertiary/aromatic N) is 1. The van der Waals surface area contributed by atoms with E-state index in [1.807, 2.05) is 36.4 Å². The second kappa shape index (κ2) is 5.38. The molecule has 1 aliphatic rings. The van der Waals surface area contributed by atoms with Crippen LogP contribution in [0.5, 0.6) is 0 Å². The molecule has 1 aliphatic heterocycles. The van der Waals surface area contributed by atoms with E-state index in [0.717, 1.165) is 5.56 Å². The van der Waals surface area contributed by atoms with E-state index in [9.17, 15) is 13.2 Å². The molecule has 96 valence electrons. The van der Waals surface area contributed by atoms with Gasteiger partial charge >= 0.3 is 6.18 Å². The molecule has 0 radical (unpaired) electrons. The quantitative estimate of drug-likeness (QED) is 0.710. The van der Waals surface area contributed by atoms with Gasteiger partial charge < -0.3 is 0 Å². The average Bonchev–Trinajstić information content (AvgIpc) is 2.78. The van der Waals surface area contributed by atoms with Gasteiger partial charge in [-0.25, -0.2) is 4.58 Å². The first-order valence-electron chi connectivity index (χ1n) is 5.96. The van der Waals surface area contributed by atoms with Gasteiger partial charge in [0.1, 0.15) is 6.54 Å². The van der Waals surface area contributed by atoms with Gasteiger partial charge in [0, 0.05) is 18.9 Å². The van der Waals surface area contributed by atoms with Crippen LogP contribution in [-0.2, 0) is 0 Å². The molecular weight excluding hydrogens is 239 g/mol. The molecule has 0 aromatic heterocycles. The lowest BCUT2D eigenvalue weighted by molar-refractivity contribution is -0.574. The Morgan fingerprint density at radius 1 is 1.17 bits per heavy atom. The zero-order valence-electron chi connectivity index (χ0n) is 9.90. The summed E-state index contributed by atoms with van der Waals surface area (Å²) < 4.78 is 39.4. The summed E-state index contributed by atoms with van der Waals surface area (Å²) in [5.74, 6) is 0. The summed E-state index contributed by atoms with van der Waals surface area (Å²) in [7, 11) is 0. The number of hydrogen-bond acceptors (Lipinski definition) is 0. The lowest BCUT2D eigenvalue weighted by atomic mass is 10.2. The summed E-state index contributed by atoms with van der Waals surface area (Å²) in [6, 6.07) is 8.20. The number of halogens is 3. The number of alkyl halides is 3. The van der Waals surface area contributed by atoms with E-state index in [0.29, 0.717) is 13.0 Å². The fourth-order valence-corrected chi connectivity index (χ4v) is 2.15. The number of benzene rings is 1. The van der Waals surface area contributed by atoms with E-state index in [1.54, 1.807) is 6.08 Å². The fraction of sp³-hybridized carbons (Fsp3) is 0.357. The first-order chi connectivity index (χ1) is 8.57. The first-order valence-corrected chi connectivity index (χ1v) is 5.96. The molecular formula is C14H15F3N+.